The van der Waals surface area contributed by atoms with Gasteiger partial charge in [0.2, 0.25) is 12.3 Å². The lowest BCUT2D eigenvalue weighted by Crippen LogP contribution is -2.42. The van der Waals surface area contributed by atoms with Crippen LogP contribution in [0.4, 0.5) is 11.4 Å². The van der Waals surface area contributed by atoms with Crippen LogP contribution in [-0.4, -0.2) is 41.8 Å². The van der Waals surface area contributed by atoms with E-state index in [-0.39, 0.29) is 17.9 Å². The van der Waals surface area contributed by atoms with Crippen molar-refractivity contribution in [2.24, 2.45) is 0 Å². The van der Waals surface area contributed by atoms with Crippen molar-refractivity contribution in [3.05, 3.63) is 22.8 Å². The average Bonchev–Trinajstić information content (AvgIpc) is 2.58. The van der Waals surface area contributed by atoms with Gasteiger partial charge in [0.05, 0.1) is 24.1 Å². The third-order valence-electron chi connectivity index (χ3n) is 5.38. The number of hydrogen-bond acceptors (Lipinski definition) is 4. The maximum atomic E-state index is 12.9. The van der Waals surface area contributed by atoms with Gasteiger partial charge in [-0.15, -0.1) is 0 Å². The Kier molecular flexibility index (Phi) is 6.42. The highest BCUT2D eigenvalue weighted by Gasteiger charge is 2.37. The fraction of sp³-hybridized carbons (Fsp3) is 0.600. The van der Waals surface area contributed by atoms with Crippen LogP contribution in [0, 0.1) is 13.8 Å². The molecule has 1 aromatic carbocycles. The van der Waals surface area contributed by atoms with Crippen molar-refractivity contribution in [3.63, 3.8) is 0 Å². The first-order valence-corrected chi connectivity index (χ1v) is 9.17. The average molecular weight is 362 g/mol. The zero-order valence-corrected chi connectivity index (χ0v) is 16.1. The third-order valence-corrected chi connectivity index (χ3v) is 5.38. The molecule has 144 valence electrons. The number of fused-ring (bicyclic) bond motifs is 1. The Morgan fingerprint density at radius 2 is 2.12 bits per heavy atom. The zero-order chi connectivity index (χ0) is 19.5. The summed E-state index contributed by atoms with van der Waals surface area (Å²) in [4.78, 5) is 25.7. The fourth-order valence-electron chi connectivity index (χ4n) is 3.78. The smallest absolute Gasteiger partial charge is 0.227 e. The molecule has 0 aromatic heterocycles. The van der Waals surface area contributed by atoms with E-state index in [0.29, 0.717) is 37.9 Å². The molecule has 6 nitrogen and oxygen atoms in total. The number of hydrogen-bond donors (Lipinski definition) is 3. The largest absolute Gasteiger partial charge is 0.394 e. The van der Waals surface area contributed by atoms with Gasteiger partial charge in [0.15, 0.2) is 0 Å². The molecule has 6 heteroatoms. The standard InChI is InChI=1S/C20H30N2O4/c1-13-10-16(21-12-24)19-18(14(13)2)20(3,4)8-9-22(19)17(26)7-5-6-15(25)11-23/h10,12,15,23,25H,5-9,11H2,1-4H3,(H,21,24). The van der Waals surface area contributed by atoms with Crippen molar-refractivity contribution in [1.29, 1.82) is 0 Å². The molecule has 3 N–H and O–H groups in total. The fourth-order valence-corrected chi connectivity index (χ4v) is 3.78. The van der Waals surface area contributed by atoms with Crippen LogP contribution in [-0.2, 0) is 15.0 Å². The molecule has 0 saturated carbocycles. The monoisotopic (exact) mass is 362 g/mol. The van der Waals surface area contributed by atoms with Crippen molar-refractivity contribution in [2.75, 3.05) is 23.4 Å². The van der Waals surface area contributed by atoms with Crippen molar-refractivity contribution < 1.29 is 19.8 Å². The van der Waals surface area contributed by atoms with Crippen molar-refractivity contribution >= 4 is 23.7 Å². The lowest BCUT2D eigenvalue weighted by molar-refractivity contribution is -0.119. The number of rotatable bonds is 7. The van der Waals surface area contributed by atoms with Crippen molar-refractivity contribution in [3.8, 4) is 0 Å². The molecule has 0 aliphatic carbocycles. The summed E-state index contributed by atoms with van der Waals surface area (Å²) in [6, 6.07) is 1.92. The van der Waals surface area contributed by atoms with E-state index < -0.39 is 6.10 Å². The minimum Gasteiger partial charge on any atom is -0.394 e. The molecule has 0 saturated heterocycles. The SMILES string of the molecule is Cc1cc(NC=O)c2c(c1C)C(C)(C)CCN2C(=O)CCCC(O)CO. The second kappa shape index (κ2) is 8.18. The van der Waals surface area contributed by atoms with Gasteiger partial charge >= 0.3 is 0 Å². The third kappa shape index (κ3) is 4.07. The number of amides is 2. The molecule has 1 heterocycles. The summed E-state index contributed by atoms with van der Waals surface area (Å²) in [6.07, 6.45) is 1.90. The van der Waals surface area contributed by atoms with Crippen LogP contribution in [0.2, 0.25) is 0 Å². The highest BCUT2D eigenvalue weighted by molar-refractivity contribution is 6.00. The van der Waals surface area contributed by atoms with E-state index in [1.807, 2.05) is 13.0 Å². The van der Waals surface area contributed by atoms with Gasteiger partial charge in [-0.25, -0.2) is 0 Å². The number of benzene rings is 1. The van der Waals surface area contributed by atoms with Gasteiger partial charge in [-0.05, 0) is 61.3 Å². The number of nitrogens with zero attached hydrogens (tertiary/aromatic N) is 1. The Labute approximate surface area is 155 Å². The van der Waals surface area contributed by atoms with E-state index >= 15 is 0 Å². The van der Waals surface area contributed by atoms with Crippen molar-refractivity contribution in [2.45, 2.75) is 64.9 Å². The van der Waals surface area contributed by atoms with Gasteiger partial charge < -0.3 is 20.4 Å². The molecule has 1 atom stereocenters. The quantitative estimate of drug-likeness (QED) is 0.650. The van der Waals surface area contributed by atoms with Crippen molar-refractivity contribution in [1.82, 2.24) is 0 Å². The Morgan fingerprint density at radius 3 is 2.73 bits per heavy atom. The second-order valence-corrected chi connectivity index (χ2v) is 7.76. The minimum atomic E-state index is -0.785. The van der Waals surface area contributed by atoms with E-state index in [1.54, 1.807) is 4.90 Å². The Balaban J connectivity index is 2.39. The number of nitrogens with one attached hydrogen (secondary N) is 1. The summed E-state index contributed by atoms with van der Waals surface area (Å²) < 4.78 is 0. The predicted molar refractivity (Wildman–Crippen MR) is 103 cm³/mol. The van der Waals surface area contributed by atoms with Crippen LogP contribution < -0.4 is 10.2 Å². The molecule has 2 rings (SSSR count). The summed E-state index contributed by atoms with van der Waals surface area (Å²) in [5, 5.41) is 21.1. The molecule has 2 amide bonds. The van der Waals surface area contributed by atoms with Crippen LogP contribution in [0.15, 0.2) is 6.07 Å². The predicted octanol–water partition coefficient (Wildman–Crippen LogP) is 2.41. The van der Waals surface area contributed by atoms with Crippen LogP contribution in [0.25, 0.3) is 0 Å². The summed E-state index contributed by atoms with van der Waals surface area (Å²) in [5.74, 6) is -0.0240. The molecule has 1 aromatic rings. The molecule has 0 spiro atoms. The first kappa shape index (κ1) is 20.4. The van der Waals surface area contributed by atoms with E-state index in [0.717, 1.165) is 28.8 Å². The molecule has 26 heavy (non-hydrogen) atoms. The topological polar surface area (TPSA) is 89.9 Å². The number of anilines is 2. The number of aliphatic hydroxyl groups excluding tert-OH is 2. The van der Waals surface area contributed by atoms with Gasteiger partial charge in [-0.2, -0.15) is 0 Å². The summed E-state index contributed by atoms with van der Waals surface area (Å²) in [6.45, 7) is 8.72. The molecule has 0 fully saturated rings. The first-order chi connectivity index (χ1) is 12.2. The number of aryl methyl sites for hydroxylation is 1. The van der Waals surface area contributed by atoms with Gasteiger partial charge in [0.1, 0.15) is 0 Å². The van der Waals surface area contributed by atoms with Crippen LogP contribution in [0.1, 0.15) is 56.2 Å². The van der Waals surface area contributed by atoms with E-state index in [2.05, 4.69) is 26.1 Å². The minimum absolute atomic E-state index is 0.0240. The van der Waals surface area contributed by atoms with E-state index in [4.69, 9.17) is 5.11 Å². The summed E-state index contributed by atoms with van der Waals surface area (Å²) in [5.41, 5.74) is 4.71. The molecular weight excluding hydrogens is 332 g/mol. The Morgan fingerprint density at radius 1 is 1.42 bits per heavy atom. The maximum Gasteiger partial charge on any atom is 0.227 e. The second-order valence-electron chi connectivity index (χ2n) is 7.76. The maximum absolute atomic E-state index is 12.9. The molecule has 1 unspecified atom stereocenters. The first-order valence-electron chi connectivity index (χ1n) is 9.17. The highest BCUT2D eigenvalue weighted by atomic mass is 16.3. The van der Waals surface area contributed by atoms with Gasteiger partial charge in [-0.1, -0.05) is 13.8 Å². The van der Waals surface area contributed by atoms with E-state index in [1.165, 1.54) is 0 Å². The van der Waals surface area contributed by atoms with Crippen LogP contribution in [0.5, 0.6) is 0 Å². The van der Waals surface area contributed by atoms with Crippen LogP contribution >= 0.6 is 0 Å². The van der Waals surface area contributed by atoms with Gasteiger partial charge in [-0.3, -0.25) is 9.59 Å². The zero-order valence-electron chi connectivity index (χ0n) is 16.1. The number of aliphatic hydroxyl groups is 2. The molecule has 1 aliphatic heterocycles. The Bertz CT molecular complexity index is 685. The van der Waals surface area contributed by atoms with Gasteiger partial charge in [0, 0.05) is 13.0 Å². The Hall–Kier alpha value is -1.92. The van der Waals surface area contributed by atoms with E-state index in [9.17, 15) is 14.7 Å². The number of carbonyl (C=O) groups is 2. The van der Waals surface area contributed by atoms with Crippen LogP contribution in [0.3, 0.4) is 0 Å². The molecule has 0 bridgehead atoms. The highest BCUT2D eigenvalue weighted by Crippen LogP contribution is 2.46. The normalized spacial score (nSPS) is 16.8. The lowest BCUT2D eigenvalue weighted by atomic mass is 9.74. The molecule has 0 radical (unpaired) electrons. The lowest BCUT2D eigenvalue weighted by Gasteiger charge is -2.42. The molecule has 1 aliphatic rings. The van der Waals surface area contributed by atoms with Gasteiger partial charge in [0.25, 0.3) is 0 Å². The molecular formula is C20H30N2O4. The summed E-state index contributed by atoms with van der Waals surface area (Å²) in [7, 11) is 0. The summed E-state index contributed by atoms with van der Waals surface area (Å²) >= 11 is 0. The number of carbonyl (C=O) groups excluding carboxylic acids is 2.